The molecule has 0 saturated carbocycles. The van der Waals surface area contributed by atoms with Crippen LogP contribution < -0.4 is 0 Å². The highest BCUT2D eigenvalue weighted by Crippen LogP contribution is 2.31. The fourth-order valence-corrected chi connectivity index (χ4v) is 3.21. The van der Waals surface area contributed by atoms with E-state index in [0.29, 0.717) is 0 Å². The lowest BCUT2D eigenvalue weighted by Gasteiger charge is -2.07. The quantitative estimate of drug-likeness (QED) is 0.562. The number of thiophene rings is 1. The summed E-state index contributed by atoms with van der Waals surface area (Å²) in [6.07, 6.45) is 2.08. The maximum Gasteiger partial charge on any atom is 0.0820 e. The highest BCUT2D eigenvalue weighted by Gasteiger charge is 2.07. The lowest BCUT2D eigenvalue weighted by molar-refractivity contribution is 1.28. The zero-order valence-electron chi connectivity index (χ0n) is 10.8. The molecule has 100 valence electrons. The Balaban J connectivity index is 2.11. The molecule has 0 amide bonds. The molecule has 0 N–H and O–H groups in total. The van der Waals surface area contributed by atoms with Gasteiger partial charge in [-0.15, -0.1) is 23.1 Å². The lowest BCUT2D eigenvalue weighted by atomic mass is 10.1. The van der Waals surface area contributed by atoms with Gasteiger partial charge in [0, 0.05) is 15.5 Å². The topological polar surface area (TPSA) is 12.9 Å². The average molecular weight is 318 g/mol. The van der Waals surface area contributed by atoms with E-state index in [0.717, 1.165) is 22.0 Å². The predicted molar refractivity (Wildman–Crippen MR) is 89.8 cm³/mol. The Hall–Kier alpha value is -1.29. The predicted octanol–water partition coefficient (Wildman–Crippen LogP) is 5.85. The van der Waals surface area contributed by atoms with Gasteiger partial charge >= 0.3 is 0 Å². The van der Waals surface area contributed by atoms with E-state index in [1.54, 1.807) is 23.1 Å². The fraction of sp³-hybridized carbons (Fsp3) is 0.0625. The van der Waals surface area contributed by atoms with Gasteiger partial charge in [0.2, 0.25) is 0 Å². The second kappa shape index (κ2) is 6.00. The van der Waals surface area contributed by atoms with Gasteiger partial charge in [-0.2, -0.15) is 0 Å². The number of hydrogen-bond acceptors (Lipinski definition) is 3. The van der Waals surface area contributed by atoms with E-state index in [9.17, 15) is 0 Å². The number of aromatic nitrogens is 1. The molecule has 0 aliphatic rings. The van der Waals surface area contributed by atoms with E-state index in [2.05, 4.69) is 35.9 Å². The second-order valence-electron chi connectivity index (χ2n) is 4.26. The van der Waals surface area contributed by atoms with Gasteiger partial charge in [-0.25, -0.2) is 4.98 Å². The molecule has 2 heterocycles. The molecule has 0 aliphatic carbocycles. The Kier molecular flexibility index (Phi) is 4.10. The van der Waals surface area contributed by atoms with E-state index >= 15 is 0 Å². The zero-order chi connectivity index (χ0) is 13.9. The monoisotopic (exact) mass is 317 g/mol. The van der Waals surface area contributed by atoms with Gasteiger partial charge in [-0.3, -0.25) is 0 Å². The number of benzene rings is 1. The van der Waals surface area contributed by atoms with Gasteiger partial charge in [0.05, 0.1) is 16.3 Å². The number of pyridine rings is 1. The minimum atomic E-state index is 0.744. The van der Waals surface area contributed by atoms with E-state index in [4.69, 9.17) is 16.6 Å². The molecule has 0 radical (unpaired) electrons. The van der Waals surface area contributed by atoms with E-state index < -0.39 is 0 Å². The summed E-state index contributed by atoms with van der Waals surface area (Å²) in [6.45, 7) is 0. The highest BCUT2D eigenvalue weighted by atomic mass is 35.5. The molecule has 0 spiro atoms. The van der Waals surface area contributed by atoms with Crippen LogP contribution in [0.15, 0.2) is 58.8 Å². The SMILES string of the molecule is CSc1cc(-c2ccc(Cl)cc2)nc(-c2cccs2)c1. The van der Waals surface area contributed by atoms with Gasteiger partial charge < -0.3 is 0 Å². The normalized spacial score (nSPS) is 10.7. The molecule has 2 aromatic heterocycles. The first-order valence-corrected chi connectivity index (χ1v) is 8.60. The Morgan fingerprint density at radius 2 is 1.80 bits per heavy atom. The summed E-state index contributed by atoms with van der Waals surface area (Å²) in [6, 6.07) is 16.2. The first-order chi connectivity index (χ1) is 9.76. The molecule has 3 rings (SSSR count). The minimum absolute atomic E-state index is 0.744. The van der Waals surface area contributed by atoms with E-state index in [1.165, 1.54) is 9.77 Å². The Morgan fingerprint density at radius 3 is 2.45 bits per heavy atom. The summed E-state index contributed by atoms with van der Waals surface area (Å²) in [4.78, 5) is 7.18. The Morgan fingerprint density at radius 1 is 1.05 bits per heavy atom. The third kappa shape index (κ3) is 2.90. The van der Waals surface area contributed by atoms with Crippen LogP contribution in [0.2, 0.25) is 5.02 Å². The van der Waals surface area contributed by atoms with Crippen LogP contribution in [0.1, 0.15) is 0 Å². The maximum absolute atomic E-state index is 5.95. The van der Waals surface area contributed by atoms with Crippen molar-refractivity contribution >= 4 is 34.7 Å². The molecule has 0 fully saturated rings. The standard InChI is InChI=1S/C16H12ClNS2/c1-19-13-9-14(11-4-6-12(17)7-5-11)18-15(10-13)16-3-2-8-20-16/h2-10H,1H3. The van der Waals surface area contributed by atoms with Crippen LogP contribution >= 0.6 is 34.7 Å². The van der Waals surface area contributed by atoms with Crippen molar-refractivity contribution in [3.63, 3.8) is 0 Å². The van der Waals surface area contributed by atoms with Crippen molar-refractivity contribution in [2.45, 2.75) is 4.90 Å². The molecule has 20 heavy (non-hydrogen) atoms. The van der Waals surface area contributed by atoms with Crippen molar-refractivity contribution in [1.82, 2.24) is 4.98 Å². The van der Waals surface area contributed by atoms with Crippen molar-refractivity contribution in [1.29, 1.82) is 0 Å². The summed E-state index contributed by atoms with van der Waals surface area (Å²) < 4.78 is 0. The summed E-state index contributed by atoms with van der Waals surface area (Å²) in [7, 11) is 0. The van der Waals surface area contributed by atoms with Crippen LogP contribution in [-0.2, 0) is 0 Å². The molecular formula is C16H12ClNS2. The molecule has 0 unspecified atom stereocenters. The number of rotatable bonds is 3. The fourth-order valence-electron chi connectivity index (χ4n) is 1.94. The molecule has 3 aromatic rings. The average Bonchev–Trinajstić information content (AvgIpc) is 3.02. The lowest BCUT2D eigenvalue weighted by Crippen LogP contribution is -1.88. The maximum atomic E-state index is 5.95. The van der Waals surface area contributed by atoms with Crippen LogP contribution in [0.5, 0.6) is 0 Å². The summed E-state index contributed by atoms with van der Waals surface area (Å²) in [5, 5.41) is 2.82. The number of nitrogens with zero attached hydrogens (tertiary/aromatic N) is 1. The number of halogens is 1. The first-order valence-electron chi connectivity index (χ1n) is 6.12. The summed E-state index contributed by atoms with van der Waals surface area (Å²) in [5.41, 5.74) is 3.09. The van der Waals surface area contributed by atoms with Gasteiger partial charge in [0.1, 0.15) is 0 Å². The van der Waals surface area contributed by atoms with E-state index in [-0.39, 0.29) is 0 Å². The zero-order valence-corrected chi connectivity index (χ0v) is 13.2. The van der Waals surface area contributed by atoms with Gasteiger partial charge in [-0.1, -0.05) is 29.8 Å². The summed E-state index contributed by atoms with van der Waals surface area (Å²) >= 11 is 9.39. The number of hydrogen-bond donors (Lipinski definition) is 0. The molecule has 1 nitrogen and oxygen atoms in total. The van der Waals surface area contributed by atoms with Crippen molar-refractivity contribution in [3.05, 3.63) is 58.9 Å². The number of thioether (sulfide) groups is 1. The second-order valence-corrected chi connectivity index (χ2v) is 6.53. The third-order valence-electron chi connectivity index (χ3n) is 2.95. The Labute approximate surface area is 131 Å². The molecule has 0 bridgehead atoms. The minimum Gasteiger partial charge on any atom is -0.247 e. The van der Waals surface area contributed by atoms with Crippen molar-refractivity contribution < 1.29 is 0 Å². The van der Waals surface area contributed by atoms with E-state index in [1.807, 2.05) is 24.3 Å². The Bertz CT molecular complexity index is 706. The van der Waals surface area contributed by atoms with Gasteiger partial charge in [0.25, 0.3) is 0 Å². The van der Waals surface area contributed by atoms with Crippen molar-refractivity contribution in [2.24, 2.45) is 0 Å². The van der Waals surface area contributed by atoms with Crippen molar-refractivity contribution in [3.8, 4) is 21.8 Å². The van der Waals surface area contributed by atoms with Crippen LogP contribution in [0.3, 0.4) is 0 Å². The highest BCUT2D eigenvalue weighted by molar-refractivity contribution is 7.98. The van der Waals surface area contributed by atoms with Crippen LogP contribution in [0.4, 0.5) is 0 Å². The van der Waals surface area contributed by atoms with Gasteiger partial charge in [-0.05, 0) is 42.0 Å². The first kappa shape index (κ1) is 13.7. The molecule has 1 aromatic carbocycles. The summed E-state index contributed by atoms with van der Waals surface area (Å²) in [5.74, 6) is 0. The molecule has 4 heteroatoms. The van der Waals surface area contributed by atoms with Crippen LogP contribution in [0.25, 0.3) is 21.8 Å². The smallest absolute Gasteiger partial charge is 0.0820 e. The van der Waals surface area contributed by atoms with Crippen molar-refractivity contribution in [2.75, 3.05) is 6.26 Å². The molecule has 0 atom stereocenters. The third-order valence-corrected chi connectivity index (χ3v) is 4.80. The molecule has 0 saturated heterocycles. The molecule has 0 aliphatic heterocycles. The molecular weight excluding hydrogens is 306 g/mol. The largest absolute Gasteiger partial charge is 0.247 e. The van der Waals surface area contributed by atoms with Crippen LogP contribution in [-0.4, -0.2) is 11.2 Å². The van der Waals surface area contributed by atoms with Crippen LogP contribution in [0, 0.1) is 0 Å². The van der Waals surface area contributed by atoms with Gasteiger partial charge in [0.15, 0.2) is 0 Å².